The van der Waals surface area contributed by atoms with Gasteiger partial charge in [-0.2, -0.15) is 0 Å². The van der Waals surface area contributed by atoms with Gasteiger partial charge in [-0.25, -0.2) is 0 Å². The molecule has 0 spiro atoms. The Kier molecular flexibility index (Phi) is 3.41. The molecule has 0 amide bonds. The van der Waals surface area contributed by atoms with Gasteiger partial charge < -0.3 is 15.3 Å². The van der Waals surface area contributed by atoms with E-state index in [2.05, 4.69) is 33.8 Å². The molecular weight excluding hydrogens is 312 g/mol. The second-order valence-corrected chi connectivity index (χ2v) is 9.25. The van der Waals surface area contributed by atoms with Crippen molar-refractivity contribution in [3.05, 3.63) is 34.9 Å². The molecule has 0 radical (unpaired) electrons. The first kappa shape index (κ1) is 17.0. The fourth-order valence-electron chi connectivity index (χ4n) is 6.10. The molecule has 3 aliphatic carbocycles. The van der Waals surface area contributed by atoms with Gasteiger partial charge in [0, 0.05) is 11.0 Å². The number of benzene rings is 1. The van der Waals surface area contributed by atoms with Crippen LogP contribution in [-0.4, -0.2) is 21.9 Å². The summed E-state index contributed by atoms with van der Waals surface area (Å²) in [5, 5.41) is 31.4. The average Bonchev–Trinajstić information content (AvgIpc) is 2.86. The number of aliphatic hydroxyl groups is 1. The molecule has 3 nitrogen and oxygen atoms in total. The molecule has 1 aromatic rings. The molecule has 25 heavy (non-hydrogen) atoms. The second kappa shape index (κ2) is 5.03. The highest BCUT2D eigenvalue weighted by Gasteiger charge is 2.86. The van der Waals surface area contributed by atoms with E-state index in [1.807, 2.05) is 12.1 Å². The van der Waals surface area contributed by atoms with Crippen LogP contribution in [-0.2, 0) is 10.8 Å². The van der Waals surface area contributed by atoms with Crippen molar-refractivity contribution in [1.82, 2.24) is 0 Å². The number of phenols is 2. The van der Waals surface area contributed by atoms with E-state index in [1.54, 1.807) is 0 Å². The van der Waals surface area contributed by atoms with E-state index in [0.29, 0.717) is 17.4 Å². The molecule has 0 aromatic heterocycles. The van der Waals surface area contributed by atoms with Gasteiger partial charge in [-0.05, 0) is 58.8 Å². The first-order valence-corrected chi connectivity index (χ1v) is 9.63. The van der Waals surface area contributed by atoms with Crippen molar-refractivity contribution in [3.8, 4) is 11.5 Å². The van der Waals surface area contributed by atoms with Crippen LogP contribution in [0.3, 0.4) is 0 Å². The Hall–Kier alpha value is -1.48. The zero-order valence-electron chi connectivity index (χ0n) is 15.8. The normalized spacial score (nSPS) is 35.2. The van der Waals surface area contributed by atoms with Crippen LogP contribution in [0.5, 0.6) is 11.5 Å². The zero-order valence-corrected chi connectivity index (χ0v) is 15.8. The second-order valence-electron chi connectivity index (χ2n) is 9.25. The highest BCUT2D eigenvalue weighted by Crippen LogP contribution is 2.89. The molecule has 1 unspecified atom stereocenters. The third-order valence-corrected chi connectivity index (χ3v) is 7.77. The summed E-state index contributed by atoms with van der Waals surface area (Å²) in [6.45, 7) is 8.85. The van der Waals surface area contributed by atoms with Gasteiger partial charge in [0.05, 0.1) is 6.61 Å². The molecule has 136 valence electrons. The maximum Gasteiger partial charge on any atom is 0.123 e. The molecule has 4 atom stereocenters. The molecule has 1 aromatic carbocycles. The number of unbranched alkanes of at least 4 members (excludes halogenated alkanes) is 1. The summed E-state index contributed by atoms with van der Waals surface area (Å²) in [5.74, 6) is 1.31. The summed E-state index contributed by atoms with van der Waals surface area (Å²) in [4.78, 5) is 0. The molecule has 4 rings (SSSR count). The fourth-order valence-corrected chi connectivity index (χ4v) is 6.10. The number of phenolic OH excluding ortho intramolecular Hbond substituents is 2. The first-order valence-electron chi connectivity index (χ1n) is 9.63. The van der Waals surface area contributed by atoms with Crippen LogP contribution in [0.15, 0.2) is 23.8 Å². The van der Waals surface area contributed by atoms with E-state index in [9.17, 15) is 15.3 Å². The Labute approximate surface area is 150 Å². The summed E-state index contributed by atoms with van der Waals surface area (Å²) in [7, 11) is 0. The van der Waals surface area contributed by atoms with Crippen LogP contribution in [0.1, 0.15) is 64.5 Å². The monoisotopic (exact) mass is 342 g/mol. The van der Waals surface area contributed by atoms with Crippen LogP contribution >= 0.6 is 0 Å². The van der Waals surface area contributed by atoms with Crippen LogP contribution in [0.2, 0.25) is 0 Å². The Morgan fingerprint density at radius 2 is 1.84 bits per heavy atom. The molecule has 0 saturated heterocycles. The van der Waals surface area contributed by atoms with Crippen molar-refractivity contribution >= 4 is 0 Å². The molecule has 3 aliphatic rings. The Morgan fingerprint density at radius 3 is 2.36 bits per heavy atom. The molecule has 3 heteroatoms. The number of aliphatic hydroxyl groups excluding tert-OH is 1. The number of allylic oxidation sites excluding steroid dienone is 1. The van der Waals surface area contributed by atoms with Gasteiger partial charge in [0.15, 0.2) is 0 Å². The SMILES string of the molecule is CCCCC(C)(C)c1cc(O)c([C@]23C=C(CO)[C@H]4C[C@@H]2C43C)c(O)c1. The topological polar surface area (TPSA) is 60.7 Å². The van der Waals surface area contributed by atoms with E-state index >= 15 is 0 Å². The molecular formula is C22H30O3. The van der Waals surface area contributed by atoms with E-state index in [0.717, 1.165) is 36.8 Å². The van der Waals surface area contributed by atoms with Crippen molar-refractivity contribution in [2.75, 3.05) is 6.61 Å². The first-order chi connectivity index (χ1) is 11.7. The Morgan fingerprint density at radius 1 is 1.20 bits per heavy atom. The Bertz CT molecular complexity index is 740. The predicted molar refractivity (Wildman–Crippen MR) is 98.9 cm³/mol. The highest BCUT2D eigenvalue weighted by atomic mass is 16.3. The molecule has 0 aliphatic heterocycles. The standard InChI is InChI=1S/C22H30O3/c1-5-6-7-20(2,3)14-8-16(24)19(17(25)9-14)22-11-13(12-23)15-10-18(22)21(15,22)4/h8-9,11,15,18,23-25H,5-7,10,12H2,1-4H3/t15-,18-,21?,22+/m1/s1. The quantitative estimate of drug-likeness (QED) is 0.672. The van der Waals surface area contributed by atoms with Crippen molar-refractivity contribution in [2.24, 2.45) is 17.3 Å². The maximum absolute atomic E-state index is 10.9. The van der Waals surface area contributed by atoms with Crippen molar-refractivity contribution in [3.63, 3.8) is 0 Å². The fraction of sp³-hybridized carbons (Fsp3) is 0.636. The lowest BCUT2D eigenvalue weighted by atomic mass is 9.71. The number of rotatable bonds is 6. The van der Waals surface area contributed by atoms with Gasteiger partial charge in [-0.15, -0.1) is 0 Å². The van der Waals surface area contributed by atoms with E-state index in [1.165, 1.54) is 0 Å². The summed E-state index contributed by atoms with van der Waals surface area (Å²) in [6.07, 6.45) is 6.50. The average molecular weight is 342 g/mol. The van der Waals surface area contributed by atoms with E-state index in [-0.39, 0.29) is 34.4 Å². The van der Waals surface area contributed by atoms with Crippen LogP contribution in [0.4, 0.5) is 0 Å². The minimum atomic E-state index is -0.282. The molecule has 3 N–H and O–H groups in total. The van der Waals surface area contributed by atoms with Gasteiger partial charge in [0.1, 0.15) is 11.5 Å². The lowest BCUT2D eigenvalue weighted by Crippen LogP contribution is -2.27. The van der Waals surface area contributed by atoms with Crippen molar-refractivity contribution in [1.29, 1.82) is 0 Å². The molecule has 0 heterocycles. The van der Waals surface area contributed by atoms with Crippen molar-refractivity contribution in [2.45, 2.75) is 64.2 Å². The van der Waals surface area contributed by atoms with E-state index < -0.39 is 0 Å². The zero-order chi connectivity index (χ0) is 18.2. The van der Waals surface area contributed by atoms with Gasteiger partial charge in [-0.3, -0.25) is 0 Å². The summed E-state index contributed by atoms with van der Waals surface area (Å²) >= 11 is 0. The minimum Gasteiger partial charge on any atom is -0.507 e. The predicted octanol–water partition coefficient (Wildman–Crippen LogP) is 4.39. The lowest BCUT2D eigenvalue weighted by Gasteiger charge is -2.33. The third-order valence-electron chi connectivity index (χ3n) is 7.77. The summed E-state index contributed by atoms with van der Waals surface area (Å²) in [5.41, 5.74) is 2.47. The number of hydrogen-bond donors (Lipinski definition) is 3. The highest BCUT2D eigenvalue weighted by molar-refractivity contribution is 5.66. The van der Waals surface area contributed by atoms with Crippen LogP contribution in [0, 0.1) is 17.3 Å². The number of aromatic hydroxyl groups is 2. The van der Waals surface area contributed by atoms with E-state index in [4.69, 9.17) is 0 Å². The molecule has 2 fully saturated rings. The Balaban J connectivity index is 1.76. The van der Waals surface area contributed by atoms with Crippen molar-refractivity contribution < 1.29 is 15.3 Å². The maximum atomic E-state index is 10.9. The van der Waals surface area contributed by atoms with Gasteiger partial charge in [-0.1, -0.05) is 46.6 Å². The molecule has 0 bridgehead atoms. The van der Waals surface area contributed by atoms with Crippen LogP contribution in [0.25, 0.3) is 0 Å². The third kappa shape index (κ3) is 1.85. The van der Waals surface area contributed by atoms with Gasteiger partial charge in [0.2, 0.25) is 0 Å². The smallest absolute Gasteiger partial charge is 0.123 e. The number of fused-ring (bicyclic) bond motifs is 1. The van der Waals surface area contributed by atoms with Crippen LogP contribution < -0.4 is 0 Å². The number of hydrogen-bond acceptors (Lipinski definition) is 3. The molecule has 2 saturated carbocycles. The van der Waals surface area contributed by atoms with Gasteiger partial charge in [0.25, 0.3) is 0 Å². The minimum absolute atomic E-state index is 0.0687. The van der Waals surface area contributed by atoms with Gasteiger partial charge >= 0.3 is 0 Å². The largest absolute Gasteiger partial charge is 0.507 e. The summed E-state index contributed by atoms with van der Waals surface area (Å²) < 4.78 is 0. The summed E-state index contributed by atoms with van der Waals surface area (Å²) in [6, 6.07) is 3.72. The lowest BCUT2D eigenvalue weighted by molar-refractivity contribution is 0.194.